The monoisotopic (exact) mass is 235 g/mol. The van der Waals surface area contributed by atoms with Crippen LogP contribution in [0.4, 0.5) is 0 Å². The van der Waals surface area contributed by atoms with Crippen molar-refractivity contribution >= 4 is 5.91 Å². The molecule has 1 aromatic heterocycles. The summed E-state index contributed by atoms with van der Waals surface area (Å²) < 4.78 is 0. The van der Waals surface area contributed by atoms with Gasteiger partial charge in [-0.2, -0.15) is 0 Å². The van der Waals surface area contributed by atoms with Gasteiger partial charge in [0.15, 0.2) is 0 Å². The van der Waals surface area contributed by atoms with Gasteiger partial charge in [0.1, 0.15) is 0 Å². The molecule has 0 aliphatic carbocycles. The smallest absolute Gasteiger partial charge is 0.237 e. The van der Waals surface area contributed by atoms with Crippen molar-refractivity contribution in [3.05, 3.63) is 30.1 Å². The van der Waals surface area contributed by atoms with Crippen LogP contribution in [0.5, 0.6) is 0 Å². The summed E-state index contributed by atoms with van der Waals surface area (Å²) >= 11 is 0. The summed E-state index contributed by atoms with van der Waals surface area (Å²) in [5.41, 5.74) is 6.48. The molecule has 0 unspecified atom stereocenters. The predicted octanol–water partition coefficient (Wildman–Crippen LogP) is 1.63. The van der Waals surface area contributed by atoms with E-state index < -0.39 is 6.04 Å². The first-order valence-electron chi connectivity index (χ1n) is 5.79. The zero-order valence-electron chi connectivity index (χ0n) is 10.9. The second-order valence-electron chi connectivity index (χ2n) is 5.33. The number of carbonyl (C=O) groups excluding carboxylic acids is 1. The molecular weight excluding hydrogens is 214 g/mol. The van der Waals surface area contributed by atoms with Crippen molar-refractivity contribution in [2.45, 2.75) is 39.8 Å². The van der Waals surface area contributed by atoms with Gasteiger partial charge in [0.05, 0.1) is 17.8 Å². The van der Waals surface area contributed by atoms with E-state index in [1.165, 1.54) is 0 Å². The molecule has 0 saturated carbocycles. The number of hydrogen-bond acceptors (Lipinski definition) is 3. The van der Waals surface area contributed by atoms with Gasteiger partial charge in [0, 0.05) is 6.20 Å². The van der Waals surface area contributed by atoms with Gasteiger partial charge in [-0.05, 0) is 24.5 Å². The molecule has 1 aromatic rings. The van der Waals surface area contributed by atoms with Gasteiger partial charge in [0.25, 0.3) is 0 Å². The molecule has 0 saturated heterocycles. The van der Waals surface area contributed by atoms with Crippen molar-refractivity contribution in [2.75, 3.05) is 0 Å². The van der Waals surface area contributed by atoms with E-state index in [0.717, 1.165) is 5.69 Å². The Hall–Kier alpha value is -1.42. The van der Waals surface area contributed by atoms with Crippen molar-refractivity contribution in [3.8, 4) is 0 Å². The first kappa shape index (κ1) is 13.6. The van der Waals surface area contributed by atoms with Crippen molar-refractivity contribution in [2.24, 2.45) is 11.1 Å². The van der Waals surface area contributed by atoms with E-state index >= 15 is 0 Å². The molecule has 0 radical (unpaired) electrons. The van der Waals surface area contributed by atoms with Crippen molar-refractivity contribution < 1.29 is 4.79 Å². The SMILES string of the molecule is C[C@H](NC(=O)[C@@H](N)C(C)(C)C)c1ccccn1. The van der Waals surface area contributed by atoms with Gasteiger partial charge in [-0.1, -0.05) is 26.8 Å². The lowest BCUT2D eigenvalue weighted by Crippen LogP contribution is -2.49. The van der Waals surface area contributed by atoms with E-state index in [1.54, 1.807) is 6.20 Å². The van der Waals surface area contributed by atoms with Gasteiger partial charge in [-0.15, -0.1) is 0 Å². The largest absolute Gasteiger partial charge is 0.347 e. The molecule has 94 valence electrons. The second-order valence-corrected chi connectivity index (χ2v) is 5.33. The van der Waals surface area contributed by atoms with E-state index in [4.69, 9.17) is 5.73 Å². The minimum atomic E-state index is -0.520. The summed E-state index contributed by atoms with van der Waals surface area (Å²) in [4.78, 5) is 16.1. The molecule has 3 N–H and O–H groups in total. The Balaban J connectivity index is 2.64. The second kappa shape index (κ2) is 5.27. The van der Waals surface area contributed by atoms with Crippen LogP contribution < -0.4 is 11.1 Å². The fourth-order valence-corrected chi connectivity index (χ4v) is 1.40. The third-order valence-corrected chi connectivity index (χ3v) is 2.71. The maximum Gasteiger partial charge on any atom is 0.237 e. The quantitative estimate of drug-likeness (QED) is 0.836. The first-order valence-corrected chi connectivity index (χ1v) is 5.79. The Morgan fingerprint density at radius 2 is 2.06 bits per heavy atom. The lowest BCUT2D eigenvalue weighted by molar-refractivity contribution is -0.125. The Bertz CT molecular complexity index is 370. The van der Waals surface area contributed by atoms with Crippen LogP contribution in [0.15, 0.2) is 24.4 Å². The highest BCUT2D eigenvalue weighted by Crippen LogP contribution is 2.18. The summed E-state index contributed by atoms with van der Waals surface area (Å²) in [6.07, 6.45) is 1.71. The molecule has 2 atom stereocenters. The number of amides is 1. The van der Waals surface area contributed by atoms with Gasteiger partial charge in [-0.25, -0.2) is 0 Å². The summed E-state index contributed by atoms with van der Waals surface area (Å²) in [5.74, 6) is -0.143. The first-order chi connectivity index (χ1) is 7.82. The van der Waals surface area contributed by atoms with Gasteiger partial charge in [-0.3, -0.25) is 9.78 Å². The minimum Gasteiger partial charge on any atom is -0.347 e. The molecule has 0 spiro atoms. The molecule has 4 nitrogen and oxygen atoms in total. The van der Waals surface area contributed by atoms with Gasteiger partial charge >= 0.3 is 0 Å². The molecule has 0 fully saturated rings. The number of hydrogen-bond donors (Lipinski definition) is 2. The third-order valence-electron chi connectivity index (χ3n) is 2.71. The maximum atomic E-state index is 11.9. The number of nitrogens with zero attached hydrogens (tertiary/aromatic N) is 1. The van der Waals surface area contributed by atoms with Crippen molar-refractivity contribution in [3.63, 3.8) is 0 Å². The molecule has 0 aliphatic rings. The summed E-state index contributed by atoms with van der Waals surface area (Å²) in [7, 11) is 0. The van der Waals surface area contributed by atoms with Gasteiger partial charge in [0.2, 0.25) is 5.91 Å². The molecule has 0 bridgehead atoms. The van der Waals surface area contributed by atoms with Crippen LogP contribution in [0, 0.1) is 5.41 Å². The van der Waals surface area contributed by atoms with Crippen LogP contribution in [-0.2, 0) is 4.79 Å². The lowest BCUT2D eigenvalue weighted by Gasteiger charge is -2.27. The fraction of sp³-hybridized carbons (Fsp3) is 0.538. The van der Waals surface area contributed by atoms with Crippen LogP contribution in [0.1, 0.15) is 39.4 Å². The van der Waals surface area contributed by atoms with Crippen LogP contribution in [0.2, 0.25) is 0 Å². The van der Waals surface area contributed by atoms with Crippen molar-refractivity contribution in [1.29, 1.82) is 0 Å². The Morgan fingerprint density at radius 1 is 1.41 bits per heavy atom. The number of rotatable bonds is 3. The standard InChI is InChI=1S/C13H21N3O/c1-9(10-7-5-6-8-15-10)16-12(17)11(14)13(2,3)4/h5-9,11H,14H2,1-4H3,(H,16,17)/t9-,11+/m0/s1. The average molecular weight is 235 g/mol. The van der Waals surface area contributed by atoms with Crippen LogP contribution >= 0.6 is 0 Å². The number of carbonyl (C=O) groups is 1. The molecule has 17 heavy (non-hydrogen) atoms. The summed E-state index contributed by atoms with van der Waals surface area (Å²) in [6, 6.07) is 4.98. The van der Waals surface area contributed by atoms with E-state index in [1.807, 2.05) is 45.9 Å². The van der Waals surface area contributed by atoms with Crippen LogP contribution in [0.3, 0.4) is 0 Å². The number of pyridine rings is 1. The average Bonchev–Trinajstić information content (AvgIpc) is 2.27. The Kier molecular flexibility index (Phi) is 4.23. The zero-order valence-corrected chi connectivity index (χ0v) is 10.9. The van der Waals surface area contributed by atoms with E-state index in [2.05, 4.69) is 10.3 Å². The molecule has 0 aliphatic heterocycles. The lowest BCUT2D eigenvalue weighted by atomic mass is 9.87. The predicted molar refractivity (Wildman–Crippen MR) is 68.2 cm³/mol. The highest BCUT2D eigenvalue weighted by molar-refractivity contribution is 5.82. The molecule has 1 rings (SSSR count). The molecule has 1 amide bonds. The van der Waals surface area contributed by atoms with Crippen LogP contribution in [0.25, 0.3) is 0 Å². The minimum absolute atomic E-state index is 0.128. The van der Waals surface area contributed by atoms with Crippen molar-refractivity contribution in [1.82, 2.24) is 10.3 Å². The normalized spacial score (nSPS) is 15.1. The topological polar surface area (TPSA) is 68.0 Å². The molecule has 0 aromatic carbocycles. The van der Waals surface area contributed by atoms with E-state index in [-0.39, 0.29) is 17.4 Å². The van der Waals surface area contributed by atoms with E-state index in [9.17, 15) is 4.79 Å². The molecule has 4 heteroatoms. The summed E-state index contributed by atoms with van der Waals surface area (Å²) in [5, 5.41) is 2.88. The molecule has 1 heterocycles. The van der Waals surface area contributed by atoms with Gasteiger partial charge < -0.3 is 11.1 Å². The molecular formula is C13H21N3O. The number of nitrogens with one attached hydrogen (secondary N) is 1. The highest BCUT2D eigenvalue weighted by Gasteiger charge is 2.28. The fourth-order valence-electron chi connectivity index (χ4n) is 1.40. The Morgan fingerprint density at radius 3 is 2.53 bits per heavy atom. The Labute approximate surface area is 103 Å². The number of nitrogens with two attached hydrogens (primary N) is 1. The third kappa shape index (κ3) is 3.82. The maximum absolute atomic E-state index is 11.9. The highest BCUT2D eigenvalue weighted by atomic mass is 16.2. The zero-order chi connectivity index (χ0) is 13.1. The summed E-state index contributed by atoms with van der Waals surface area (Å²) in [6.45, 7) is 7.74. The van der Waals surface area contributed by atoms with E-state index in [0.29, 0.717) is 0 Å². The van der Waals surface area contributed by atoms with Crippen LogP contribution in [-0.4, -0.2) is 16.9 Å². The number of aromatic nitrogens is 1.